The summed E-state index contributed by atoms with van der Waals surface area (Å²) in [6.07, 6.45) is 2.72. The van der Waals surface area contributed by atoms with Crippen LogP contribution in [0.5, 0.6) is 0 Å². The van der Waals surface area contributed by atoms with Crippen LogP contribution in [0.15, 0.2) is 23.1 Å². The number of hydrogen-bond acceptors (Lipinski definition) is 4. The standard InChI is InChI=1S/C17H25NO2S/c1-5-20-16(19)17(18-4)9-8-15(11-17)21-14-7-6-12(2)13(3)10-14/h6-7,10,15,18H,5,8-9,11H2,1-4H3. The molecule has 2 rings (SSSR count). The fourth-order valence-corrected chi connectivity index (χ4v) is 4.24. The van der Waals surface area contributed by atoms with E-state index in [1.54, 1.807) is 0 Å². The minimum absolute atomic E-state index is 0.101. The Morgan fingerprint density at radius 2 is 2.19 bits per heavy atom. The van der Waals surface area contributed by atoms with Gasteiger partial charge < -0.3 is 10.1 Å². The topological polar surface area (TPSA) is 38.3 Å². The first-order valence-corrected chi connectivity index (χ1v) is 8.49. The Morgan fingerprint density at radius 1 is 1.43 bits per heavy atom. The third-order valence-electron chi connectivity index (χ3n) is 4.40. The van der Waals surface area contributed by atoms with Crippen LogP contribution in [0, 0.1) is 13.8 Å². The number of aryl methyl sites for hydroxylation is 2. The van der Waals surface area contributed by atoms with Crippen LogP contribution in [0.2, 0.25) is 0 Å². The molecule has 1 aromatic rings. The van der Waals surface area contributed by atoms with E-state index in [9.17, 15) is 4.79 Å². The molecule has 3 nitrogen and oxygen atoms in total. The van der Waals surface area contributed by atoms with Gasteiger partial charge in [-0.1, -0.05) is 6.07 Å². The zero-order valence-electron chi connectivity index (χ0n) is 13.4. The molecule has 1 aromatic carbocycles. The van der Waals surface area contributed by atoms with Gasteiger partial charge in [0.15, 0.2) is 0 Å². The van der Waals surface area contributed by atoms with E-state index in [0.717, 1.165) is 19.3 Å². The average molecular weight is 307 g/mol. The molecule has 21 heavy (non-hydrogen) atoms. The summed E-state index contributed by atoms with van der Waals surface area (Å²) < 4.78 is 5.24. The number of carbonyl (C=O) groups excluding carboxylic acids is 1. The number of ether oxygens (including phenoxy) is 1. The third kappa shape index (κ3) is 3.61. The predicted molar refractivity (Wildman–Crippen MR) is 87.8 cm³/mol. The van der Waals surface area contributed by atoms with Gasteiger partial charge in [-0.15, -0.1) is 11.8 Å². The molecule has 1 aliphatic carbocycles. The Morgan fingerprint density at radius 3 is 2.81 bits per heavy atom. The van der Waals surface area contributed by atoms with E-state index in [4.69, 9.17) is 4.74 Å². The lowest BCUT2D eigenvalue weighted by molar-refractivity contribution is -0.150. The van der Waals surface area contributed by atoms with Gasteiger partial charge in [-0.25, -0.2) is 0 Å². The highest BCUT2D eigenvalue weighted by Crippen LogP contribution is 2.41. The smallest absolute Gasteiger partial charge is 0.326 e. The molecule has 0 aliphatic heterocycles. The minimum atomic E-state index is -0.493. The molecule has 1 N–H and O–H groups in total. The summed E-state index contributed by atoms with van der Waals surface area (Å²) in [6.45, 7) is 6.57. The Bertz CT molecular complexity index is 518. The van der Waals surface area contributed by atoms with Gasteiger partial charge in [0, 0.05) is 10.1 Å². The second kappa shape index (κ2) is 6.84. The predicted octanol–water partition coefficient (Wildman–Crippen LogP) is 3.47. The van der Waals surface area contributed by atoms with Crippen LogP contribution in [0.3, 0.4) is 0 Å². The number of esters is 1. The van der Waals surface area contributed by atoms with E-state index >= 15 is 0 Å². The molecule has 0 heterocycles. The van der Waals surface area contributed by atoms with Crippen molar-refractivity contribution in [2.75, 3.05) is 13.7 Å². The molecule has 4 heteroatoms. The molecular formula is C17H25NO2S. The molecule has 116 valence electrons. The second-order valence-electron chi connectivity index (χ2n) is 5.78. The van der Waals surface area contributed by atoms with E-state index in [1.165, 1.54) is 16.0 Å². The largest absolute Gasteiger partial charge is 0.465 e. The zero-order chi connectivity index (χ0) is 15.5. The highest BCUT2D eigenvalue weighted by atomic mass is 32.2. The van der Waals surface area contributed by atoms with Gasteiger partial charge in [0.1, 0.15) is 5.54 Å². The molecule has 1 saturated carbocycles. The molecule has 0 radical (unpaired) electrons. The summed E-state index contributed by atoms with van der Waals surface area (Å²) in [5.41, 5.74) is 2.15. The van der Waals surface area contributed by atoms with E-state index in [2.05, 4.69) is 37.4 Å². The van der Waals surface area contributed by atoms with Crippen molar-refractivity contribution in [3.8, 4) is 0 Å². The zero-order valence-corrected chi connectivity index (χ0v) is 14.2. The van der Waals surface area contributed by atoms with Crippen molar-refractivity contribution in [2.45, 2.75) is 55.7 Å². The molecule has 1 aliphatic rings. The van der Waals surface area contributed by atoms with Crippen molar-refractivity contribution < 1.29 is 9.53 Å². The van der Waals surface area contributed by atoms with Crippen molar-refractivity contribution in [1.82, 2.24) is 5.32 Å². The summed E-state index contributed by atoms with van der Waals surface area (Å²) in [6, 6.07) is 6.59. The molecule has 0 aromatic heterocycles. The highest BCUT2D eigenvalue weighted by Gasteiger charge is 2.45. The highest BCUT2D eigenvalue weighted by molar-refractivity contribution is 8.00. The molecule has 0 amide bonds. The van der Waals surface area contributed by atoms with Crippen LogP contribution in [-0.2, 0) is 9.53 Å². The lowest BCUT2D eigenvalue weighted by Gasteiger charge is -2.26. The van der Waals surface area contributed by atoms with E-state index in [-0.39, 0.29) is 5.97 Å². The molecule has 1 fully saturated rings. The Balaban J connectivity index is 2.04. The van der Waals surface area contributed by atoms with Gasteiger partial charge >= 0.3 is 5.97 Å². The van der Waals surface area contributed by atoms with Gasteiger partial charge in [-0.05, 0) is 70.3 Å². The minimum Gasteiger partial charge on any atom is -0.465 e. The third-order valence-corrected chi connectivity index (χ3v) is 5.66. The Kier molecular flexibility index (Phi) is 5.33. The summed E-state index contributed by atoms with van der Waals surface area (Å²) in [5, 5.41) is 3.67. The van der Waals surface area contributed by atoms with Gasteiger partial charge in [-0.3, -0.25) is 4.79 Å². The molecule has 0 spiro atoms. The quantitative estimate of drug-likeness (QED) is 0.845. The van der Waals surface area contributed by atoms with Crippen LogP contribution < -0.4 is 5.32 Å². The normalized spacial score (nSPS) is 25.0. The van der Waals surface area contributed by atoms with Gasteiger partial charge in [0.25, 0.3) is 0 Å². The summed E-state index contributed by atoms with van der Waals surface area (Å²) in [5.74, 6) is -0.101. The van der Waals surface area contributed by atoms with E-state index in [1.807, 2.05) is 25.7 Å². The number of thioether (sulfide) groups is 1. The number of rotatable bonds is 5. The van der Waals surface area contributed by atoms with Crippen molar-refractivity contribution >= 4 is 17.7 Å². The first kappa shape index (κ1) is 16.4. The van der Waals surface area contributed by atoms with Crippen LogP contribution in [0.25, 0.3) is 0 Å². The first-order valence-electron chi connectivity index (χ1n) is 7.61. The summed E-state index contributed by atoms with van der Waals surface area (Å²) in [4.78, 5) is 13.5. The lowest BCUT2D eigenvalue weighted by atomic mass is 9.98. The van der Waals surface area contributed by atoms with E-state index < -0.39 is 5.54 Å². The van der Waals surface area contributed by atoms with Crippen molar-refractivity contribution in [3.63, 3.8) is 0 Å². The fraction of sp³-hybridized carbons (Fsp3) is 0.588. The molecule has 0 bridgehead atoms. The van der Waals surface area contributed by atoms with Gasteiger partial charge in [0.05, 0.1) is 6.61 Å². The van der Waals surface area contributed by atoms with Crippen LogP contribution >= 0.6 is 11.8 Å². The second-order valence-corrected chi connectivity index (χ2v) is 7.16. The van der Waals surface area contributed by atoms with Crippen LogP contribution in [0.1, 0.15) is 37.3 Å². The van der Waals surface area contributed by atoms with Crippen LogP contribution in [-0.4, -0.2) is 30.4 Å². The van der Waals surface area contributed by atoms with Crippen LogP contribution in [0.4, 0.5) is 0 Å². The van der Waals surface area contributed by atoms with Gasteiger partial charge in [-0.2, -0.15) is 0 Å². The van der Waals surface area contributed by atoms with Crippen molar-refractivity contribution in [3.05, 3.63) is 29.3 Å². The van der Waals surface area contributed by atoms with E-state index in [0.29, 0.717) is 11.9 Å². The average Bonchev–Trinajstić information content (AvgIpc) is 2.88. The summed E-state index contributed by atoms with van der Waals surface area (Å²) >= 11 is 1.88. The number of hydrogen-bond donors (Lipinski definition) is 1. The Hall–Kier alpha value is -1.00. The molecule has 0 saturated heterocycles. The van der Waals surface area contributed by atoms with Gasteiger partial charge in [0.2, 0.25) is 0 Å². The fourth-order valence-electron chi connectivity index (χ4n) is 2.86. The first-order chi connectivity index (χ1) is 10.0. The summed E-state index contributed by atoms with van der Waals surface area (Å²) in [7, 11) is 1.86. The maximum atomic E-state index is 12.2. The molecular weight excluding hydrogens is 282 g/mol. The maximum Gasteiger partial charge on any atom is 0.326 e. The number of likely N-dealkylation sites (N-methyl/N-ethyl adjacent to an activating group) is 1. The lowest BCUT2D eigenvalue weighted by Crippen LogP contribution is -2.49. The monoisotopic (exact) mass is 307 g/mol. The number of carbonyl (C=O) groups is 1. The molecule has 2 atom stereocenters. The number of nitrogens with one attached hydrogen (secondary N) is 1. The Labute approximate surface area is 131 Å². The molecule has 2 unspecified atom stereocenters. The maximum absolute atomic E-state index is 12.2. The number of benzene rings is 1. The van der Waals surface area contributed by atoms with Crippen molar-refractivity contribution in [1.29, 1.82) is 0 Å². The van der Waals surface area contributed by atoms with Crippen molar-refractivity contribution in [2.24, 2.45) is 0 Å². The SMILES string of the molecule is CCOC(=O)C1(NC)CCC(Sc2ccc(C)c(C)c2)C1.